The van der Waals surface area contributed by atoms with Gasteiger partial charge in [-0.3, -0.25) is 4.79 Å². The first-order chi connectivity index (χ1) is 10.8. The molecular weight excluding hydrogens is 316 g/mol. The van der Waals surface area contributed by atoms with Crippen LogP contribution in [0, 0.1) is 0 Å². The number of amides is 1. The average Bonchev–Trinajstić information content (AvgIpc) is 2.77. The van der Waals surface area contributed by atoms with Crippen LogP contribution < -0.4 is 10.2 Å². The van der Waals surface area contributed by atoms with Crippen molar-refractivity contribution in [3.8, 4) is 0 Å². The smallest absolute Gasteiger partial charge is 0.251 e. The Hall–Kier alpha value is -1.60. The van der Waals surface area contributed by atoms with Gasteiger partial charge in [-0.15, -0.1) is 0 Å². The minimum Gasteiger partial charge on any atom is -0.390 e. The second kappa shape index (κ2) is 7.31. The number of sulfone groups is 1. The third kappa shape index (κ3) is 4.68. The number of nitrogens with one attached hydrogen (secondary N) is 1. The normalized spacial score (nSPS) is 22.7. The highest BCUT2D eigenvalue weighted by Crippen LogP contribution is 2.16. The highest BCUT2D eigenvalue weighted by molar-refractivity contribution is 7.91. The van der Waals surface area contributed by atoms with Gasteiger partial charge in [0.05, 0.1) is 23.7 Å². The van der Waals surface area contributed by atoms with E-state index in [0.29, 0.717) is 5.56 Å². The maximum atomic E-state index is 12.2. The number of aliphatic hydroxyl groups is 1. The Morgan fingerprint density at radius 3 is 2.48 bits per heavy atom. The molecule has 2 rings (SSSR count). The molecule has 0 aliphatic carbocycles. The van der Waals surface area contributed by atoms with Crippen molar-refractivity contribution < 1.29 is 18.3 Å². The minimum atomic E-state index is -3.27. The molecule has 1 saturated heterocycles. The molecule has 23 heavy (non-hydrogen) atoms. The average molecular weight is 340 g/mol. The second-order valence-electron chi connectivity index (χ2n) is 6.05. The molecule has 1 amide bonds. The molecule has 0 radical (unpaired) electrons. The van der Waals surface area contributed by atoms with Crippen LogP contribution in [-0.4, -0.2) is 56.7 Å². The second-order valence-corrected chi connectivity index (χ2v) is 8.20. The molecule has 7 heteroatoms. The number of unbranched alkanes of at least 4 members (excludes halogenated alkanes) is 1. The Morgan fingerprint density at radius 1 is 1.30 bits per heavy atom. The molecule has 0 unspecified atom stereocenters. The first-order valence-corrected chi connectivity index (χ1v) is 9.65. The molecule has 1 heterocycles. The highest BCUT2D eigenvalue weighted by atomic mass is 32.2. The molecule has 6 nitrogen and oxygen atoms in total. The molecule has 2 N–H and O–H groups in total. The number of anilines is 1. The standard InChI is InChI=1S/C16H24N2O4S/c1-3-4-9-18(2)13-7-5-12(6-8-13)16(20)17-14-10-23(21,22)11-15(14)19/h5-8,14-15,19H,3-4,9-11H2,1-2H3,(H,17,20)/t14-,15-/m1/s1. The Bertz CT molecular complexity index is 643. The first kappa shape index (κ1) is 17.7. The number of aliphatic hydroxyl groups excluding tert-OH is 1. The zero-order chi connectivity index (χ0) is 17.0. The molecule has 1 aromatic rings. The van der Waals surface area contributed by atoms with Gasteiger partial charge in [0, 0.05) is 24.8 Å². The molecule has 1 aliphatic heterocycles. The van der Waals surface area contributed by atoms with Crippen molar-refractivity contribution in [3.63, 3.8) is 0 Å². The summed E-state index contributed by atoms with van der Waals surface area (Å²) in [5.41, 5.74) is 1.48. The fraction of sp³-hybridized carbons (Fsp3) is 0.562. The Morgan fingerprint density at radius 2 is 1.96 bits per heavy atom. The molecule has 1 aliphatic rings. The number of nitrogens with zero attached hydrogens (tertiary/aromatic N) is 1. The summed E-state index contributed by atoms with van der Waals surface area (Å²) in [6.07, 6.45) is 1.19. The van der Waals surface area contributed by atoms with Crippen molar-refractivity contribution in [1.82, 2.24) is 5.32 Å². The number of hydrogen-bond donors (Lipinski definition) is 2. The lowest BCUT2D eigenvalue weighted by Gasteiger charge is -2.19. The van der Waals surface area contributed by atoms with Gasteiger partial charge in [-0.2, -0.15) is 0 Å². The monoisotopic (exact) mass is 340 g/mol. The largest absolute Gasteiger partial charge is 0.390 e. The van der Waals surface area contributed by atoms with Crippen molar-refractivity contribution in [3.05, 3.63) is 29.8 Å². The number of benzene rings is 1. The quantitative estimate of drug-likeness (QED) is 0.800. The summed E-state index contributed by atoms with van der Waals surface area (Å²) in [6, 6.07) is 6.42. The zero-order valence-electron chi connectivity index (χ0n) is 13.5. The summed E-state index contributed by atoms with van der Waals surface area (Å²) in [5.74, 6) is -0.870. The van der Waals surface area contributed by atoms with Crippen LogP contribution in [0.5, 0.6) is 0 Å². The number of hydrogen-bond acceptors (Lipinski definition) is 5. The van der Waals surface area contributed by atoms with Crippen LogP contribution in [-0.2, 0) is 9.84 Å². The summed E-state index contributed by atoms with van der Waals surface area (Å²) in [7, 11) is -1.27. The minimum absolute atomic E-state index is 0.211. The fourth-order valence-corrected chi connectivity index (χ4v) is 4.35. The predicted octanol–water partition coefficient (Wildman–Crippen LogP) is 0.811. The van der Waals surface area contributed by atoms with Crippen molar-refractivity contribution in [1.29, 1.82) is 0 Å². The SMILES string of the molecule is CCCCN(C)c1ccc(C(=O)N[C@@H]2CS(=O)(=O)C[C@H]2O)cc1. The molecule has 1 aromatic carbocycles. The summed E-state index contributed by atoms with van der Waals surface area (Å²) in [5, 5.41) is 12.3. The third-order valence-electron chi connectivity index (χ3n) is 4.06. The van der Waals surface area contributed by atoms with Gasteiger partial charge in [-0.25, -0.2) is 8.42 Å². The third-order valence-corrected chi connectivity index (χ3v) is 5.77. The summed E-state index contributed by atoms with van der Waals surface area (Å²) < 4.78 is 22.9. The number of rotatable bonds is 6. The van der Waals surface area contributed by atoms with Crippen LogP contribution in [0.4, 0.5) is 5.69 Å². The van der Waals surface area contributed by atoms with Gasteiger partial charge in [-0.1, -0.05) is 13.3 Å². The van der Waals surface area contributed by atoms with E-state index in [1.807, 2.05) is 19.2 Å². The van der Waals surface area contributed by atoms with Crippen LogP contribution in [0.1, 0.15) is 30.1 Å². The van der Waals surface area contributed by atoms with E-state index in [1.165, 1.54) is 0 Å². The number of carbonyl (C=O) groups is 1. The van der Waals surface area contributed by atoms with Gasteiger partial charge in [0.25, 0.3) is 5.91 Å². The van der Waals surface area contributed by atoms with Gasteiger partial charge in [0.15, 0.2) is 9.84 Å². The molecule has 0 spiro atoms. The van der Waals surface area contributed by atoms with E-state index in [-0.39, 0.29) is 17.4 Å². The number of carbonyl (C=O) groups excluding carboxylic acids is 1. The zero-order valence-corrected chi connectivity index (χ0v) is 14.3. The molecule has 0 bridgehead atoms. The van der Waals surface area contributed by atoms with E-state index in [1.54, 1.807) is 12.1 Å². The van der Waals surface area contributed by atoms with Gasteiger partial charge in [-0.05, 0) is 30.7 Å². The van der Waals surface area contributed by atoms with E-state index in [9.17, 15) is 18.3 Å². The van der Waals surface area contributed by atoms with Gasteiger partial charge in [0.1, 0.15) is 0 Å². The predicted molar refractivity (Wildman–Crippen MR) is 90.5 cm³/mol. The van der Waals surface area contributed by atoms with E-state index in [4.69, 9.17) is 0 Å². The summed E-state index contributed by atoms with van der Waals surface area (Å²) in [6.45, 7) is 3.09. The lowest BCUT2D eigenvalue weighted by atomic mass is 10.1. The van der Waals surface area contributed by atoms with Crippen LogP contribution in [0.15, 0.2) is 24.3 Å². The lowest BCUT2D eigenvalue weighted by molar-refractivity contribution is 0.0889. The van der Waals surface area contributed by atoms with E-state index < -0.39 is 22.0 Å². The topological polar surface area (TPSA) is 86.7 Å². The van der Waals surface area contributed by atoms with Gasteiger partial charge in [0.2, 0.25) is 0 Å². The molecule has 2 atom stereocenters. The van der Waals surface area contributed by atoms with E-state index >= 15 is 0 Å². The highest BCUT2D eigenvalue weighted by Gasteiger charge is 2.37. The van der Waals surface area contributed by atoms with Crippen LogP contribution >= 0.6 is 0 Å². The summed E-state index contributed by atoms with van der Waals surface area (Å²) in [4.78, 5) is 14.3. The van der Waals surface area contributed by atoms with Crippen LogP contribution in [0.25, 0.3) is 0 Å². The van der Waals surface area contributed by atoms with E-state index in [0.717, 1.165) is 25.1 Å². The van der Waals surface area contributed by atoms with Crippen molar-refractivity contribution in [2.45, 2.75) is 31.9 Å². The van der Waals surface area contributed by atoms with Crippen molar-refractivity contribution in [2.75, 3.05) is 30.0 Å². The molecule has 128 valence electrons. The van der Waals surface area contributed by atoms with Crippen LogP contribution in [0.3, 0.4) is 0 Å². The van der Waals surface area contributed by atoms with E-state index in [2.05, 4.69) is 17.1 Å². The molecule has 1 fully saturated rings. The fourth-order valence-electron chi connectivity index (χ4n) is 2.61. The first-order valence-electron chi connectivity index (χ1n) is 7.83. The molecule has 0 saturated carbocycles. The van der Waals surface area contributed by atoms with Crippen molar-refractivity contribution in [2.24, 2.45) is 0 Å². The van der Waals surface area contributed by atoms with Crippen molar-refractivity contribution >= 4 is 21.4 Å². The Kier molecular flexibility index (Phi) is 5.64. The molecule has 0 aromatic heterocycles. The van der Waals surface area contributed by atoms with Crippen LogP contribution in [0.2, 0.25) is 0 Å². The van der Waals surface area contributed by atoms with Gasteiger partial charge >= 0.3 is 0 Å². The molecular formula is C16H24N2O4S. The van der Waals surface area contributed by atoms with Gasteiger partial charge < -0.3 is 15.3 Å². The maximum Gasteiger partial charge on any atom is 0.251 e. The Balaban J connectivity index is 1.98. The Labute approximate surface area is 137 Å². The maximum absolute atomic E-state index is 12.2. The lowest BCUT2D eigenvalue weighted by Crippen LogP contribution is -2.42. The summed E-state index contributed by atoms with van der Waals surface area (Å²) >= 11 is 0.